The van der Waals surface area contributed by atoms with Crippen molar-refractivity contribution < 1.29 is 0 Å². The van der Waals surface area contributed by atoms with Gasteiger partial charge in [-0.15, -0.1) is 0 Å². The molecule has 2 heterocycles. The van der Waals surface area contributed by atoms with Crippen molar-refractivity contribution in [2.24, 2.45) is 0 Å². The maximum Gasteiger partial charge on any atom is 0.0312 e. The molecule has 0 atom stereocenters. The molecule has 0 radical (unpaired) electrons. The van der Waals surface area contributed by atoms with Gasteiger partial charge in [0.2, 0.25) is 0 Å². The molecule has 14 heavy (non-hydrogen) atoms. The van der Waals surface area contributed by atoms with Gasteiger partial charge < -0.3 is 10.3 Å². The Balaban J connectivity index is 1.79. The van der Waals surface area contributed by atoms with E-state index in [0.29, 0.717) is 0 Å². The summed E-state index contributed by atoms with van der Waals surface area (Å²) in [6.45, 7) is 1.75. The van der Waals surface area contributed by atoms with Gasteiger partial charge in [-0.25, -0.2) is 0 Å². The first kappa shape index (κ1) is 8.97. The van der Waals surface area contributed by atoms with Crippen molar-refractivity contribution in [1.82, 2.24) is 15.3 Å². The number of nitrogens with zero attached hydrogens (tertiary/aromatic N) is 1. The summed E-state index contributed by atoms with van der Waals surface area (Å²) < 4.78 is 0. The third-order valence-electron chi connectivity index (χ3n) is 2.04. The van der Waals surface area contributed by atoms with Crippen LogP contribution in [0.1, 0.15) is 11.1 Å². The van der Waals surface area contributed by atoms with E-state index in [1.54, 1.807) is 6.20 Å². The number of hydrogen-bond donors (Lipinski definition) is 2. The van der Waals surface area contributed by atoms with Gasteiger partial charge in [0.15, 0.2) is 0 Å². The number of aromatic amines is 1. The zero-order valence-corrected chi connectivity index (χ0v) is 7.90. The summed E-state index contributed by atoms with van der Waals surface area (Å²) in [5, 5.41) is 3.34. The summed E-state index contributed by atoms with van der Waals surface area (Å²) in [6.07, 6.45) is 7.59. The van der Waals surface area contributed by atoms with Crippen LogP contribution in [0.25, 0.3) is 0 Å². The van der Waals surface area contributed by atoms with E-state index in [-0.39, 0.29) is 0 Å². The van der Waals surface area contributed by atoms with Crippen LogP contribution >= 0.6 is 0 Å². The highest BCUT2D eigenvalue weighted by molar-refractivity contribution is 5.10. The molecule has 3 nitrogen and oxygen atoms in total. The summed E-state index contributed by atoms with van der Waals surface area (Å²) in [5.41, 5.74) is 2.48. The fourth-order valence-electron chi connectivity index (χ4n) is 1.32. The van der Waals surface area contributed by atoms with Gasteiger partial charge in [0, 0.05) is 37.9 Å². The standard InChI is InChI=1S/C11H13N3/c1-2-10(6-12-4-1)8-14-9-11-3-5-13-7-11/h1-7,13-14H,8-9H2. The van der Waals surface area contributed by atoms with Crippen LogP contribution in [0, 0.1) is 0 Å². The molecule has 0 unspecified atom stereocenters. The monoisotopic (exact) mass is 187 g/mol. The highest BCUT2D eigenvalue weighted by atomic mass is 14.9. The minimum absolute atomic E-state index is 0.860. The number of pyridine rings is 1. The van der Waals surface area contributed by atoms with E-state index in [2.05, 4.69) is 27.4 Å². The van der Waals surface area contributed by atoms with Crippen molar-refractivity contribution in [3.63, 3.8) is 0 Å². The van der Waals surface area contributed by atoms with Crippen molar-refractivity contribution in [2.75, 3.05) is 0 Å². The molecule has 0 saturated carbocycles. The van der Waals surface area contributed by atoms with Gasteiger partial charge >= 0.3 is 0 Å². The molecule has 3 heteroatoms. The van der Waals surface area contributed by atoms with Crippen molar-refractivity contribution in [3.05, 3.63) is 54.1 Å². The average molecular weight is 187 g/mol. The SMILES string of the molecule is c1cncc(CNCc2cc[nH]c2)c1. The largest absolute Gasteiger partial charge is 0.367 e. The van der Waals surface area contributed by atoms with Gasteiger partial charge in [0.25, 0.3) is 0 Å². The van der Waals surface area contributed by atoms with E-state index < -0.39 is 0 Å². The Morgan fingerprint density at radius 3 is 2.86 bits per heavy atom. The first-order chi connectivity index (χ1) is 6.95. The molecule has 2 N–H and O–H groups in total. The van der Waals surface area contributed by atoms with Gasteiger partial charge in [0.05, 0.1) is 0 Å². The molecule has 72 valence electrons. The van der Waals surface area contributed by atoms with Crippen LogP contribution in [-0.2, 0) is 13.1 Å². The first-order valence-electron chi connectivity index (χ1n) is 4.66. The topological polar surface area (TPSA) is 40.7 Å². The van der Waals surface area contributed by atoms with E-state index in [0.717, 1.165) is 13.1 Å². The maximum atomic E-state index is 4.05. The second kappa shape index (κ2) is 4.58. The van der Waals surface area contributed by atoms with Gasteiger partial charge in [0.1, 0.15) is 0 Å². The minimum atomic E-state index is 0.860. The normalized spacial score (nSPS) is 10.3. The molecule has 0 aliphatic carbocycles. The lowest BCUT2D eigenvalue weighted by Crippen LogP contribution is -2.12. The van der Waals surface area contributed by atoms with E-state index in [9.17, 15) is 0 Å². The third-order valence-corrected chi connectivity index (χ3v) is 2.04. The summed E-state index contributed by atoms with van der Waals surface area (Å²) >= 11 is 0. The molecule has 0 bridgehead atoms. The summed E-state index contributed by atoms with van der Waals surface area (Å²) in [4.78, 5) is 7.08. The Kier molecular flexibility index (Phi) is 2.93. The van der Waals surface area contributed by atoms with Crippen LogP contribution in [0.15, 0.2) is 43.0 Å². The lowest BCUT2D eigenvalue weighted by Gasteiger charge is -2.02. The van der Waals surface area contributed by atoms with Crippen LogP contribution in [0.3, 0.4) is 0 Å². The number of aromatic nitrogens is 2. The predicted molar refractivity (Wildman–Crippen MR) is 55.6 cm³/mol. The fourth-order valence-corrected chi connectivity index (χ4v) is 1.32. The molecule has 0 aliphatic heterocycles. The Bertz CT molecular complexity index is 353. The summed E-state index contributed by atoms with van der Waals surface area (Å²) in [6, 6.07) is 6.08. The van der Waals surface area contributed by atoms with Crippen molar-refractivity contribution >= 4 is 0 Å². The van der Waals surface area contributed by atoms with Gasteiger partial charge in [-0.2, -0.15) is 0 Å². The molecule has 0 saturated heterocycles. The first-order valence-corrected chi connectivity index (χ1v) is 4.66. The van der Waals surface area contributed by atoms with Crippen LogP contribution in [0.2, 0.25) is 0 Å². The molecule has 0 spiro atoms. The average Bonchev–Trinajstić information content (AvgIpc) is 2.72. The molecular weight excluding hydrogens is 174 g/mol. The molecule has 2 aromatic rings. The van der Waals surface area contributed by atoms with Gasteiger partial charge in [-0.3, -0.25) is 4.98 Å². The van der Waals surface area contributed by atoms with Crippen LogP contribution < -0.4 is 5.32 Å². The molecule has 0 amide bonds. The lowest BCUT2D eigenvalue weighted by atomic mass is 10.3. The Morgan fingerprint density at radius 2 is 2.14 bits per heavy atom. The number of hydrogen-bond acceptors (Lipinski definition) is 2. The van der Waals surface area contributed by atoms with Gasteiger partial charge in [-0.1, -0.05) is 6.07 Å². The van der Waals surface area contributed by atoms with E-state index in [1.807, 2.05) is 24.7 Å². The molecular formula is C11H13N3. The molecule has 0 aromatic carbocycles. The number of rotatable bonds is 4. The smallest absolute Gasteiger partial charge is 0.0312 e. The van der Waals surface area contributed by atoms with Crippen molar-refractivity contribution in [2.45, 2.75) is 13.1 Å². The molecule has 0 fully saturated rings. The van der Waals surface area contributed by atoms with Crippen LogP contribution in [-0.4, -0.2) is 9.97 Å². The zero-order valence-electron chi connectivity index (χ0n) is 7.90. The van der Waals surface area contributed by atoms with E-state index >= 15 is 0 Å². The summed E-state index contributed by atoms with van der Waals surface area (Å²) in [5.74, 6) is 0. The minimum Gasteiger partial charge on any atom is -0.367 e. The van der Waals surface area contributed by atoms with Gasteiger partial charge in [-0.05, 0) is 23.3 Å². The highest BCUT2D eigenvalue weighted by Crippen LogP contribution is 1.98. The second-order valence-electron chi connectivity index (χ2n) is 3.18. The third kappa shape index (κ3) is 2.44. The second-order valence-corrected chi connectivity index (χ2v) is 3.18. The van der Waals surface area contributed by atoms with E-state index in [4.69, 9.17) is 0 Å². The lowest BCUT2D eigenvalue weighted by molar-refractivity contribution is 0.692. The Hall–Kier alpha value is -1.61. The fraction of sp³-hybridized carbons (Fsp3) is 0.182. The van der Waals surface area contributed by atoms with Crippen LogP contribution in [0.5, 0.6) is 0 Å². The Morgan fingerprint density at radius 1 is 1.21 bits per heavy atom. The van der Waals surface area contributed by atoms with Crippen LogP contribution in [0.4, 0.5) is 0 Å². The summed E-state index contributed by atoms with van der Waals surface area (Å²) in [7, 11) is 0. The number of H-pyrrole nitrogens is 1. The Labute approximate surface area is 83.2 Å². The number of nitrogens with one attached hydrogen (secondary N) is 2. The van der Waals surface area contributed by atoms with Crippen molar-refractivity contribution in [1.29, 1.82) is 0 Å². The molecule has 0 aliphatic rings. The maximum absolute atomic E-state index is 4.05. The predicted octanol–water partition coefficient (Wildman–Crippen LogP) is 1.70. The molecule has 2 aromatic heterocycles. The molecule has 2 rings (SSSR count). The highest BCUT2D eigenvalue weighted by Gasteiger charge is 1.93. The zero-order chi connectivity index (χ0) is 9.64. The van der Waals surface area contributed by atoms with Crippen molar-refractivity contribution in [3.8, 4) is 0 Å². The quantitative estimate of drug-likeness (QED) is 0.764. The van der Waals surface area contributed by atoms with E-state index in [1.165, 1.54) is 11.1 Å².